The largest absolute Gasteiger partial charge is 0.443 e. The van der Waals surface area contributed by atoms with Crippen molar-refractivity contribution in [3.63, 3.8) is 0 Å². The average Bonchev–Trinajstić information content (AvgIpc) is 2.63. The van der Waals surface area contributed by atoms with Gasteiger partial charge in [-0.15, -0.1) is 0 Å². The van der Waals surface area contributed by atoms with Crippen LogP contribution >= 0.6 is 0 Å². The van der Waals surface area contributed by atoms with Gasteiger partial charge in [0.05, 0.1) is 6.54 Å². The van der Waals surface area contributed by atoms with E-state index >= 15 is 0 Å². The van der Waals surface area contributed by atoms with Gasteiger partial charge in [0, 0.05) is 13.1 Å². The molecule has 2 N–H and O–H groups in total. The number of halogens is 1. The van der Waals surface area contributed by atoms with E-state index in [-0.39, 0.29) is 18.0 Å². The van der Waals surface area contributed by atoms with Crippen LogP contribution in [0.4, 0.5) is 9.18 Å². The zero-order valence-corrected chi connectivity index (χ0v) is 8.73. The highest BCUT2D eigenvalue weighted by Gasteiger charge is 2.29. The van der Waals surface area contributed by atoms with Crippen molar-refractivity contribution in [2.24, 2.45) is 5.73 Å². The molecule has 1 atom stereocenters. The molecule has 0 radical (unpaired) electrons. The van der Waals surface area contributed by atoms with E-state index in [1.54, 1.807) is 17.0 Å². The van der Waals surface area contributed by atoms with Gasteiger partial charge >= 0.3 is 6.09 Å². The first-order valence-electron chi connectivity index (χ1n) is 5.09. The SMILES string of the molecule is NCC1CN(Cc2ccc(F)cc2)C(=O)O1. The van der Waals surface area contributed by atoms with Gasteiger partial charge in [0.15, 0.2) is 0 Å². The van der Waals surface area contributed by atoms with Crippen LogP contribution < -0.4 is 5.73 Å². The number of ether oxygens (including phenoxy) is 1. The molecule has 0 spiro atoms. The summed E-state index contributed by atoms with van der Waals surface area (Å²) >= 11 is 0. The fraction of sp³-hybridized carbons (Fsp3) is 0.364. The molecule has 1 aliphatic rings. The number of hydrogen-bond donors (Lipinski definition) is 1. The van der Waals surface area contributed by atoms with Crippen LogP contribution in [0.3, 0.4) is 0 Å². The molecule has 0 aliphatic carbocycles. The summed E-state index contributed by atoms with van der Waals surface area (Å²) in [6.45, 7) is 1.24. The van der Waals surface area contributed by atoms with E-state index in [1.807, 2.05) is 0 Å². The lowest BCUT2D eigenvalue weighted by atomic mass is 10.2. The van der Waals surface area contributed by atoms with E-state index in [4.69, 9.17) is 10.5 Å². The van der Waals surface area contributed by atoms with E-state index < -0.39 is 0 Å². The molecule has 1 fully saturated rings. The lowest BCUT2D eigenvalue weighted by Crippen LogP contribution is -2.27. The van der Waals surface area contributed by atoms with Crippen molar-refractivity contribution in [2.45, 2.75) is 12.6 Å². The number of benzene rings is 1. The van der Waals surface area contributed by atoms with Crippen LogP contribution in [0.1, 0.15) is 5.56 Å². The molecule has 5 heteroatoms. The maximum Gasteiger partial charge on any atom is 0.410 e. The third-order valence-corrected chi connectivity index (χ3v) is 2.50. The van der Waals surface area contributed by atoms with Crippen LogP contribution in [0.25, 0.3) is 0 Å². The third kappa shape index (κ3) is 2.30. The Morgan fingerprint density at radius 3 is 2.69 bits per heavy atom. The number of amides is 1. The van der Waals surface area contributed by atoms with Crippen LogP contribution in [0.2, 0.25) is 0 Å². The number of cyclic esters (lactones) is 1. The van der Waals surface area contributed by atoms with Gasteiger partial charge in [-0.05, 0) is 17.7 Å². The standard InChI is InChI=1S/C11H13FN2O2/c12-9-3-1-8(2-4-9)6-14-7-10(5-13)16-11(14)15/h1-4,10H,5-7,13H2. The van der Waals surface area contributed by atoms with Gasteiger partial charge in [-0.1, -0.05) is 12.1 Å². The Labute approximate surface area is 92.8 Å². The molecule has 1 aromatic carbocycles. The molecule has 4 nitrogen and oxygen atoms in total. The van der Waals surface area contributed by atoms with Crippen LogP contribution in [-0.4, -0.2) is 30.2 Å². The predicted octanol–water partition coefficient (Wildman–Crippen LogP) is 1.11. The summed E-state index contributed by atoms with van der Waals surface area (Å²) in [4.78, 5) is 12.9. The quantitative estimate of drug-likeness (QED) is 0.836. The second kappa shape index (κ2) is 4.49. The van der Waals surface area contributed by atoms with Gasteiger partial charge in [-0.25, -0.2) is 9.18 Å². The van der Waals surface area contributed by atoms with Gasteiger partial charge in [-0.2, -0.15) is 0 Å². The lowest BCUT2D eigenvalue weighted by Gasteiger charge is -2.12. The Balaban J connectivity index is 2.00. The van der Waals surface area contributed by atoms with E-state index in [9.17, 15) is 9.18 Å². The second-order valence-electron chi connectivity index (χ2n) is 3.75. The van der Waals surface area contributed by atoms with Crippen molar-refractivity contribution in [1.29, 1.82) is 0 Å². The first kappa shape index (κ1) is 10.9. The van der Waals surface area contributed by atoms with Crippen LogP contribution in [0.15, 0.2) is 24.3 Å². The first-order chi connectivity index (χ1) is 7.69. The van der Waals surface area contributed by atoms with Crippen molar-refractivity contribution in [3.8, 4) is 0 Å². The minimum absolute atomic E-state index is 0.229. The first-order valence-corrected chi connectivity index (χ1v) is 5.09. The summed E-state index contributed by atoms with van der Waals surface area (Å²) in [5.41, 5.74) is 6.29. The van der Waals surface area contributed by atoms with Gasteiger partial charge < -0.3 is 15.4 Å². The van der Waals surface area contributed by atoms with Gasteiger partial charge in [0.1, 0.15) is 11.9 Å². The van der Waals surface area contributed by atoms with Crippen molar-refractivity contribution in [1.82, 2.24) is 4.90 Å². The van der Waals surface area contributed by atoms with Gasteiger partial charge in [0.2, 0.25) is 0 Å². The summed E-state index contributed by atoms with van der Waals surface area (Å²) in [6.07, 6.45) is -0.590. The molecule has 2 rings (SSSR count). The number of carbonyl (C=O) groups excluding carboxylic acids is 1. The van der Waals surface area contributed by atoms with E-state index in [2.05, 4.69) is 0 Å². The predicted molar refractivity (Wildman–Crippen MR) is 56.1 cm³/mol. The molecule has 1 heterocycles. The molecule has 0 saturated carbocycles. The maximum absolute atomic E-state index is 12.7. The Hall–Kier alpha value is -1.62. The molecule has 0 bridgehead atoms. The summed E-state index contributed by atoms with van der Waals surface area (Å²) in [6, 6.07) is 6.05. The molecular weight excluding hydrogens is 211 g/mol. The molecule has 1 aliphatic heterocycles. The fourth-order valence-electron chi connectivity index (χ4n) is 1.64. The smallest absolute Gasteiger partial charge is 0.410 e. The summed E-state index contributed by atoms with van der Waals surface area (Å²) < 4.78 is 17.7. The molecule has 1 aromatic rings. The highest BCUT2D eigenvalue weighted by atomic mass is 19.1. The van der Waals surface area contributed by atoms with Crippen molar-refractivity contribution in [2.75, 3.05) is 13.1 Å². The molecule has 86 valence electrons. The second-order valence-corrected chi connectivity index (χ2v) is 3.75. The van der Waals surface area contributed by atoms with Gasteiger partial charge in [-0.3, -0.25) is 0 Å². The Morgan fingerprint density at radius 1 is 1.44 bits per heavy atom. The summed E-state index contributed by atoms with van der Waals surface area (Å²) in [5.74, 6) is -0.285. The zero-order valence-electron chi connectivity index (χ0n) is 8.73. The lowest BCUT2D eigenvalue weighted by molar-refractivity contribution is 0.134. The van der Waals surface area contributed by atoms with Crippen LogP contribution in [0, 0.1) is 5.82 Å². The highest BCUT2D eigenvalue weighted by Crippen LogP contribution is 2.14. The van der Waals surface area contributed by atoms with E-state index in [1.165, 1.54) is 12.1 Å². The zero-order chi connectivity index (χ0) is 11.5. The number of nitrogens with two attached hydrogens (primary N) is 1. The van der Waals surface area contributed by atoms with Gasteiger partial charge in [0.25, 0.3) is 0 Å². The number of carbonyl (C=O) groups is 1. The molecule has 1 saturated heterocycles. The Kier molecular flexibility index (Phi) is 3.05. The fourth-order valence-corrected chi connectivity index (χ4v) is 1.64. The highest BCUT2D eigenvalue weighted by molar-refractivity contribution is 5.69. The monoisotopic (exact) mass is 224 g/mol. The normalized spacial score (nSPS) is 20.0. The number of hydrogen-bond acceptors (Lipinski definition) is 3. The summed E-state index contributed by atoms with van der Waals surface area (Å²) in [5, 5.41) is 0. The molecule has 16 heavy (non-hydrogen) atoms. The number of rotatable bonds is 3. The molecular formula is C11H13FN2O2. The van der Waals surface area contributed by atoms with Crippen LogP contribution in [0.5, 0.6) is 0 Å². The Morgan fingerprint density at radius 2 is 2.12 bits per heavy atom. The van der Waals surface area contributed by atoms with E-state index in [0.29, 0.717) is 19.6 Å². The van der Waals surface area contributed by atoms with Crippen molar-refractivity contribution >= 4 is 6.09 Å². The third-order valence-electron chi connectivity index (χ3n) is 2.50. The molecule has 0 aromatic heterocycles. The van der Waals surface area contributed by atoms with Crippen LogP contribution in [-0.2, 0) is 11.3 Å². The minimum Gasteiger partial charge on any atom is -0.443 e. The molecule has 1 amide bonds. The Bertz CT molecular complexity index is 380. The molecule has 1 unspecified atom stereocenters. The topological polar surface area (TPSA) is 55.6 Å². The maximum atomic E-state index is 12.7. The summed E-state index contributed by atoms with van der Waals surface area (Å²) in [7, 11) is 0. The number of nitrogens with zero attached hydrogens (tertiary/aromatic N) is 1. The van der Waals surface area contributed by atoms with Crippen molar-refractivity contribution in [3.05, 3.63) is 35.6 Å². The minimum atomic E-state index is -0.361. The van der Waals surface area contributed by atoms with E-state index in [0.717, 1.165) is 5.56 Å². The average molecular weight is 224 g/mol. The van der Waals surface area contributed by atoms with Crippen molar-refractivity contribution < 1.29 is 13.9 Å².